The Kier molecular flexibility index (Phi) is 5.45. The van der Waals surface area contributed by atoms with Crippen LogP contribution < -0.4 is 0 Å². The highest BCUT2D eigenvalue weighted by atomic mass is 16.6. The van der Waals surface area contributed by atoms with Crippen molar-refractivity contribution in [3.05, 3.63) is 12.7 Å². The summed E-state index contributed by atoms with van der Waals surface area (Å²) in [4.78, 5) is 36.8. The van der Waals surface area contributed by atoms with E-state index in [1.807, 2.05) is 0 Å². The molecule has 1 aliphatic carbocycles. The maximum atomic E-state index is 12.8. The van der Waals surface area contributed by atoms with Gasteiger partial charge in [-0.1, -0.05) is 6.08 Å². The van der Waals surface area contributed by atoms with Crippen molar-refractivity contribution >= 4 is 18.2 Å². The zero-order chi connectivity index (χ0) is 18.1. The lowest BCUT2D eigenvalue weighted by Crippen LogP contribution is -2.45. The number of ether oxygens (including phenoxy) is 2. The maximum Gasteiger partial charge on any atom is 0.324 e. The van der Waals surface area contributed by atoms with Crippen molar-refractivity contribution in [1.29, 1.82) is 0 Å². The van der Waals surface area contributed by atoms with E-state index in [1.165, 1.54) is 0 Å². The van der Waals surface area contributed by atoms with Gasteiger partial charge in [0.2, 0.25) is 0 Å². The summed E-state index contributed by atoms with van der Waals surface area (Å²) in [6, 6.07) is 0. The molecule has 5 nitrogen and oxygen atoms in total. The highest BCUT2D eigenvalue weighted by molar-refractivity contribution is 6.01. The van der Waals surface area contributed by atoms with Gasteiger partial charge in [-0.2, -0.15) is 0 Å². The van der Waals surface area contributed by atoms with Gasteiger partial charge >= 0.3 is 11.9 Å². The van der Waals surface area contributed by atoms with Crippen LogP contribution in [0.3, 0.4) is 0 Å². The van der Waals surface area contributed by atoms with Crippen LogP contribution in [0.2, 0.25) is 0 Å². The largest absolute Gasteiger partial charge is 0.459 e. The first-order chi connectivity index (χ1) is 10.3. The van der Waals surface area contributed by atoms with E-state index in [0.717, 1.165) is 6.29 Å². The molecule has 1 rings (SSSR count). The van der Waals surface area contributed by atoms with E-state index in [0.29, 0.717) is 0 Å². The summed E-state index contributed by atoms with van der Waals surface area (Å²) in [7, 11) is 0. The third kappa shape index (κ3) is 4.66. The van der Waals surface area contributed by atoms with Gasteiger partial charge in [-0.25, -0.2) is 0 Å². The van der Waals surface area contributed by atoms with Gasteiger partial charge in [-0.3, -0.25) is 9.59 Å². The summed E-state index contributed by atoms with van der Waals surface area (Å²) in [5.74, 6) is -1.94. The molecule has 1 aliphatic rings. The zero-order valence-electron chi connectivity index (χ0n) is 15.0. The smallest absolute Gasteiger partial charge is 0.324 e. The molecular formula is C18H28O5. The second-order valence-electron chi connectivity index (χ2n) is 8.19. The molecule has 0 aromatic rings. The first-order valence-electron chi connectivity index (χ1n) is 7.89. The predicted molar refractivity (Wildman–Crippen MR) is 86.6 cm³/mol. The van der Waals surface area contributed by atoms with Crippen LogP contribution >= 0.6 is 0 Å². The van der Waals surface area contributed by atoms with Crippen LogP contribution in [0.5, 0.6) is 0 Å². The highest BCUT2D eigenvalue weighted by Crippen LogP contribution is 2.48. The fourth-order valence-electron chi connectivity index (χ4n) is 2.77. The first kappa shape index (κ1) is 19.4. The molecule has 2 atom stereocenters. The Morgan fingerprint density at radius 1 is 0.957 bits per heavy atom. The molecule has 130 valence electrons. The molecule has 23 heavy (non-hydrogen) atoms. The van der Waals surface area contributed by atoms with Crippen molar-refractivity contribution in [2.45, 2.75) is 65.6 Å². The number of hydrogen-bond donors (Lipinski definition) is 0. The highest BCUT2D eigenvalue weighted by Gasteiger charge is 2.58. The summed E-state index contributed by atoms with van der Waals surface area (Å²) in [6.45, 7) is 14.2. The van der Waals surface area contributed by atoms with E-state index < -0.39 is 34.5 Å². The van der Waals surface area contributed by atoms with Crippen molar-refractivity contribution in [2.24, 2.45) is 17.3 Å². The van der Waals surface area contributed by atoms with Crippen LogP contribution in [0.4, 0.5) is 0 Å². The Balaban J connectivity index is 3.21. The molecule has 0 bridgehead atoms. The molecule has 5 heteroatoms. The van der Waals surface area contributed by atoms with Gasteiger partial charge < -0.3 is 14.3 Å². The minimum atomic E-state index is -1.45. The average Bonchev–Trinajstić information content (AvgIpc) is 2.74. The Morgan fingerprint density at radius 2 is 1.35 bits per heavy atom. The summed E-state index contributed by atoms with van der Waals surface area (Å²) in [6.07, 6.45) is 2.68. The Morgan fingerprint density at radius 3 is 1.61 bits per heavy atom. The molecule has 0 amide bonds. The molecule has 0 aromatic carbocycles. The van der Waals surface area contributed by atoms with E-state index in [1.54, 1.807) is 47.6 Å². The number of esters is 2. The van der Waals surface area contributed by atoms with Crippen LogP contribution in [0.15, 0.2) is 12.7 Å². The predicted octanol–water partition coefficient (Wildman–Crippen LogP) is 3.07. The number of aldehydes is 1. The van der Waals surface area contributed by atoms with Gasteiger partial charge in [0.05, 0.1) is 0 Å². The number of carbonyl (C=O) groups is 3. The van der Waals surface area contributed by atoms with Crippen LogP contribution in [-0.4, -0.2) is 29.4 Å². The molecular weight excluding hydrogens is 296 g/mol. The Labute approximate surface area is 138 Å². The summed E-state index contributed by atoms with van der Waals surface area (Å²) >= 11 is 0. The molecule has 0 aromatic heterocycles. The van der Waals surface area contributed by atoms with Crippen molar-refractivity contribution in [2.75, 3.05) is 0 Å². The minimum absolute atomic E-state index is 0.0943. The maximum absolute atomic E-state index is 12.8. The lowest BCUT2D eigenvalue weighted by molar-refractivity contribution is -0.185. The molecule has 0 spiro atoms. The second kappa shape index (κ2) is 6.46. The number of allylic oxidation sites excluding steroid dienone is 1. The average molecular weight is 324 g/mol. The molecule has 0 radical (unpaired) electrons. The normalized spacial score (nSPS) is 23.9. The molecule has 1 saturated carbocycles. The van der Waals surface area contributed by atoms with Crippen molar-refractivity contribution in [3.63, 3.8) is 0 Å². The minimum Gasteiger partial charge on any atom is -0.459 e. The molecule has 1 fully saturated rings. The standard InChI is InChI=1S/C18H28O5/c1-8-12-9-18(10-13(12)11-19,14(20)22-16(2,3)4)15(21)23-17(5,6)7/h8,11-13H,1,9-10H2,2-7H3/t12-,13?/m1/s1. The molecule has 0 saturated heterocycles. The van der Waals surface area contributed by atoms with Crippen LogP contribution in [-0.2, 0) is 23.9 Å². The molecule has 0 N–H and O–H groups in total. The van der Waals surface area contributed by atoms with Gasteiger partial charge in [0.25, 0.3) is 0 Å². The van der Waals surface area contributed by atoms with Gasteiger partial charge in [0.1, 0.15) is 17.5 Å². The fraction of sp³-hybridized carbons (Fsp3) is 0.722. The topological polar surface area (TPSA) is 69.7 Å². The van der Waals surface area contributed by atoms with E-state index in [4.69, 9.17) is 9.47 Å². The number of carbonyl (C=O) groups excluding carboxylic acids is 3. The van der Waals surface area contributed by atoms with E-state index in [2.05, 4.69) is 6.58 Å². The molecule has 1 unspecified atom stereocenters. The van der Waals surface area contributed by atoms with E-state index in [9.17, 15) is 14.4 Å². The van der Waals surface area contributed by atoms with E-state index in [-0.39, 0.29) is 18.8 Å². The second-order valence-corrected chi connectivity index (χ2v) is 8.19. The lowest BCUT2D eigenvalue weighted by Gasteiger charge is -2.32. The van der Waals surface area contributed by atoms with Crippen molar-refractivity contribution in [3.8, 4) is 0 Å². The zero-order valence-corrected chi connectivity index (χ0v) is 15.0. The quantitative estimate of drug-likeness (QED) is 0.344. The fourth-order valence-corrected chi connectivity index (χ4v) is 2.77. The van der Waals surface area contributed by atoms with Crippen molar-refractivity contribution < 1.29 is 23.9 Å². The van der Waals surface area contributed by atoms with E-state index >= 15 is 0 Å². The van der Waals surface area contributed by atoms with Crippen LogP contribution in [0, 0.1) is 17.3 Å². The van der Waals surface area contributed by atoms with Crippen LogP contribution in [0.25, 0.3) is 0 Å². The third-order valence-corrected chi connectivity index (χ3v) is 3.78. The lowest BCUT2D eigenvalue weighted by atomic mass is 9.84. The number of hydrogen-bond acceptors (Lipinski definition) is 5. The Hall–Kier alpha value is -1.65. The van der Waals surface area contributed by atoms with Gasteiger partial charge in [-0.05, 0) is 60.3 Å². The van der Waals surface area contributed by atoms with Gasteiger partial charge in [0.15, 0.2) is 5.41 Å². The summed E-state index contributed by atoms with van der Waals surface area (Å²) in [5, 5.41) is 0. The van der Waals surface area contributed by atoms with Crippen LogP contribution in [0.1, 0.15) is 54.4 Å². The first-order valence-corrected chi connectivity index (χ1v) is 7.89. The monoisotopic (exact) mass is 324 g/mol. The number of rotatable bonds is 4. The summed E-state index contributed by atoms with van der Waals surface area (Å²) in [5.41, 5.74) is -2.91. The Bertz CT molecular complexity index is 447. The van der Waals surface area contributed by atoms with Crippen molar-refractivity contribution in [1.82, 2.24) is 0 Å². The molecule has 0 aliphatic heterocycles. The third-order valence-electron chi connectivity index (χ3n) is 3.78. The van der Waals surface area contributed by atoms with Gasteiger partial charge in [-0.15, -0.1) is 6.58 Å². The SMILES string of the molecule is C=C[C@@H]1CC(C(=O)OC(C)(C)C)(C(=O)OC(C)(C)C)CC1C=O. The van der Waals surface area contributed by atoms with Gasteiger partial charge in [0, 0.05) is 5.92 Å². The molecule has 0 heterocycles. The summed E-state index contributed by atoms with van der Waals surface area (Å²) < 4.78 is 10.9.